The highest BCUT2D eigenvalue weighted by Crippen LogP contribution is 2.35. The Hall–Kier alpha value is -3.69. The van der Waals surface area contributed by atoms with Crippen LogP contribution >= 0.6 is 0 Å². The minimum atomic E-state index is 0.240. The van der Waals surface area contributed by atoms with Crippen molar-refractivity contribution in [2.45, 2.75) is 37.8 Å². The van der Waals surface area contributed by atoms with Crippen LogP contribution in [0.1, 0.15) is 25.7 Å². The molecule has 4 N–H and O–H groups in total. The average Bonchev–Trinajstić information content (AvgIpc) is 3.36. The number of anilines is 4. The highest BCUT2D eigenvalue weighted by Gasteiger charge is 2.29. The largest absolute Gasteiger partial charge is 0.382 e. The number of benzene rings is 2. The number of hydrogen-bond donors (Lipinski definition) is 2. The molecule has 0 bridgehead atoms. The zero-order valence-electron chi connectivity index (χ0n) is 20.3. The number of imidazole rings is 1. The Bertz CT molecular complexity index is 1310. The molecule has 1 saturated heterocycles. The number of rotatable bonds is 5. The summed E-state index contributed by atoms with van der Waals surface area (Å²) in [7, 11) is 0. The summed E-state index contributed by atoms with van der Waals surface area (Å²) in [5.41, 5.74) is 17.2. The van der Waals surface area contributed by atoms with Gasteiger partial charge in [0.25, 0.3) is 0 Å². The summed E-state index contributed by atoms with van der Waals surface area (Å²) >= 11 is 0. The van der Waals surface area contributed by atoms with Gasteiger partial charge in [0.05, 0.1) is 13.2 Å². The van der Waals surface area contributed by atoms with E-state index in [1.54, 1.807) is 6.33 Å². The first-order chi connectivity index (χ1) is 17.7. The first-order valence-electron chi connectivity index (χ1n) is 12.7. The number of hydrogen-bond acceptors (Lipinski definition) is 8. The third-order valence-corrected chi connectivity index (χ3v) is 7.27. The van der Waals surface area contributed by atoms with Gasteiger partial charge in [-0.2, -0.15) is 9.97 Å². The molecule has 2 aliphatic rings. The summed E-state index contributed by atoms with van der Waals surface area (Å²) in [4.78, 5) is 18.9. The van der Waals surface area contributed by atoms with Crippen molar-refractivity contribution in [2.75, 3.05) is 41.8 Å². The van der Waals surface area contributed by atoms with E-state index in [9.17, 15) is 0 Å². The van der Waals surface area contributed by atoms with Gasteiger partial charge in [-0.05, 0) is 62.1 Å². The van der Waals surface area contributed by atoms with Gasteiger partial charge in [0, 0.05) is 42.2 Å². The van der Waals surface area contributed by atoms with Crippen molar-refractivity contribution < 1.29 is 4.74 Å². The Morgan fingerprint density at radius 1 is 0.861 bits per heavy atom. The maximum atomic E-state index is 6.45. The molecule has 2 fully saturated rings. The molecule has 4 aromatic rings. The Balaban J connectivity index is 1.41. The number of nitrogens with zero attached hydrogens (tertiary/aromatic N) is 6. The summed E-state index contributed by atoms with van der Waals surface area (Å²) < 4.78 is 7.48. The van der Waals surface area contributed by atoms with Crippen LogP contribution in [0.5, 0.6) is 0 Å². The molecule has 0 spiro atoms. The summed E-state index contributed by atoms with van der Waals surface area (Å²) in [6, 6.07) is 19.2. The third kappa shape index (κ3) is 4.36. The molecule has 2 aromatic carbocycles. The first-order valence-corrected chi connectivity index (χ1v) is 12.7. The minimum absolute atomic E-state index is 0.240. The Labute approximate surface area is 210 Å². The molecule has 3 heterocycles. The van der Waals surface area contributed by atoms with Gasteiger partial charge in [-0.25, -0.2) is 4.98 Å². The molecule has 1 saturated carbocycles. The molecule has 9 nitrogen and oxygen atoms in total. The number of ether oxygens (including phenoxy) is 1. The number of morpholine rings is 1. The lowest BCUT2D eigenvalue weighted by molar-refractivity contribution is 0.122. The van der Waals surface area contributed by atoms with Gasteiger partial charge in [-0.3, -0.25) is 4.57 Å². The standard InChI is InChI=1S/C27H32N8O/c28-19-6-8-22(9-7-19)35(23-12-10-20(11-13-23)33-14-16-36-17-15-33)27-31-25(29)24-26(32-27)34(18-30-24)21-4-2-1-3-5-21/h1-5,10-13,18-19,22H,6-9,14-17,28H2,(H2,29,31,32). The van der Waals surface area contributed by atoms with Gasteiger partial charge in [0.15, 0.2) is 17.0 Å². The van der Waals surface area contributed by atoms with E-state index in [1.165, 1.54) is 5.69 Å². The molecule has 2 aromatic heterocycles. The van der Waals surface area contributed by atoms with Crippen LogP contribution in [0.15, 0.2) is 60.9 Å². The highest BCUT2D eigenvalue weighted by atomic mass is 16.5. The number of nitrogens with two attached hydrogens (primary N) is 2. The minimum Gasteiger partial charge on any atom is -0.382 e. The van der Waals surface area contributed by atoms with E-state index < -0.39 is 0 Å². The van der Waals surface area contributed by atoms with Crippen LogP contribution in [-0.4, -0.2) is 57.9 Å². The molecule has 1 aliphatic heterocycles. The molecular formula is C27H32N8O. The molecule has 36 heavy (non-hydrogen) atoms. The van der Waals surface area contributed by atoms with Crippen molar-refractivity contribution in [3.8, 4) is 5.69 Å². The molecule has 0 amide bonds. The fourth-order valence-corrected chi connectivity index (χ4v) is 5.29. The van der Waals surface area contributed by atoms with Crippen molar-refractivity contribution in [2.24, 2.45) is 5.73 Å². The van der Waals surface area contributed by atoms with Crippen LogP contribution in [0.2, 0.25) is 0 Å². The second-order valence-corrected chi connectivity index (χ2v) is 9.59. The van der Waals surface area contributed by atoms with Crippen LogP contribution in [0, 0.1) is 0 Å². The molecule has 0 unspecified atom stereocenters. The van der Waals surface area contributed by atoms with Gasteiger partial charge in [-0.15, -0.1) is 0 Å². The quantitative estimate of drug-likeness (QED) is 0.442. The van der Waals surface area contributed by atoms with E-state index in [-0.39, 0.29) is 12.1 Å². The summed E-state index contributed by atoms with van der Waals surface area (Å²) in [5, 5.41) is 0. The second kappa shape index (κ2) is 9.75. The van der Waals surface area contributed by atoms with Crippen molar-refractivity contribution in [3.05, 3.63) is 60.9 Å². The normalized spacial score (nSPS) is 20.5. The predicted octanol–water partition coefficient (Wildman–Crippen LogP) is 3.64. The van der Waals surface area contributed by atoms with Crippen molar-refractivity contribution >= 4 is 34.3 Å². The van der Waals surface area contributed by atoms with E-state index >= 15 is 0 Å². The maximum absolute atomic E-state index is 6.45. The van der Waals surface area contributed by atoms with Gasteiger partial charge in [-0.1, -0.05) is 18.2 Å². The van der Waals surface area contributed by atoms with Gasteiger partial charge >= 0.3 is 0 Å². The molecule has 0 atom stereocenters. The lowest BCUT2D eigenvalue weighted by atomic mass is 9.90. The Morgan fingerprint density at radius 3 is 2.31 bits per heavy atom. The number of aromatic nitrogens is 4. The van der Waals surface area contributed by atoms with Crippen molar-refractivity contribution in [3.63, 3.8) is 0 Å². The first kappa shape index (κ1) is 22.8. The topological polar surface area (TPSA) is 111 Å². The summed E-state index contributed by atoms with van der Waals surface area (Å²) in [6.45, 7) is 3.34. The lowest BCUT2D eigenvalue weighted by Crippen LogP contribution is -2.39. The zero-order valence-corrected chi connectivity index (χ0v) is 20.3. The third-order valence-electron chi connectivity index (χ3n) is 7.27. The van der Waals surface area contributed by atoms with E-state index in [2.05, 4.69) is 39.0 Å². The van der Waals surface area contributed by atoms with Crippen LogP contribution in [-0.2, 0) is 4.74 Å². The van der Waals surface area contributed by atoms with Gasteiger partial charge in [0.1, 0.15) is 6.33 Å². The predicted molar refractivity (Wildman–Crippen MR) is 143 cm³/mol. The number of para-hydroxylation sites is 1. The van der Waals surface area contributed by atoms with Gasteiger partial charge in [0.2, 0.25) is 5.95 Å². The fourth-order valence-electron chi connectivity index (χ4n) is 5.29. The molecule has 0 radical (unpaired) electrons. The summed E-state index contributed by atoms with van der Waals surface area (Å²) in [6.07, 6.45) is 5.67. The van der Waals surface area contributed by atoms with E-state index in [0.717, 1.165) is 63.4 Å². The van der Waals surface area contributed by atoms with Crippen LogP contribution in [0.3, 0.4) is 0 Å². The number of nitrogen functional groups attached to an aromatic ring is 1. The maximum Gasteiger partial charge on any atom is 0.234 e. The molecular weight excluding hydrogens is 452 g/mol. The molecule has 9 heteroatoms. The fraction of sp³-hybridized carbons (Fsp3) is 0.370. The lowest BCUT2D eigenvalue weighted by Gasteiger charge is -2.36. The number of fused-ring (bicyclic) bond motifs is 1. The smallest absolute Gasteiger partial charge is 0.234 e. The second-order valence-electron chi connectivity index (χ2n) is 9.59. The van der Waals surface area contributed by atoms with Crippen molar-refractivity contribution in [1.29, 1.82) is 0 Å². The summed E-state index contributed by atoms with van der Waals surface area (Å²) in [5.74, 6) is 0.976. The highest BCUT2D eigenvalue weighted by molar-refractivity contribution is 5.85. The van der Waals surface area contributed by atoms with E-state index in [1.807, 2.05) is 34.9 Å². The average molecular weight is 485 g/mol. The van der Waals surface area contributed by atoms with Crippen LogP contribution in [0.25, 0.3) is 16.9 Å². The van der Waals surface area contributed by atoms with Crippen LogP contribution < -0.4 is 21.3 Å². The van der Waals surface area contributed by atoms with Crippen LogP contribution in [0.4, 0.5) is 23.1 Å². The Morgan fingerprint density at radius 2 is 1.58 bits per heavy atom. The monoisotopic (exact) mass is 484 g/mol. The zero-order chi connectivity index (χ0) is 24.5. The van der Waals surface area contributed by atoms with E-state index in [0.29, 0.717) is 22.9 Å². The molecule has 186 valence electrons. The van der Waals surface area contributed by atoms with E-state index in [4.69, 9.17) is 26.2 Å². The van der Waals surface area contributed by atoms with Crippen molar-refractivity contribution in [1.82, 2.24) is 19.5 Å². The molecule has 1 aliphatic carbocycles. The molecule has 6 rings (SSSR count). The SMILES string of the molecule is Nc1nc(N(c2ccc(N3CCOCC3)cc2)C2CCC(N)CC2)nc2c1ncn2-c1ccccc1. The van der Waals surface area contributed by atoms with Gasteiger partial charge < -0.3 is 26.0 Å². The Kier molecular flexibility index (Phi) is 6.16.